The largest absolute Gasteiger partial charge is 0.495 e. The second kappa shape index (κ2) is 14.7. The van der Waals surface area contributed by atoms with Gasteiger partial charge in [-0.05, 0) is 74.0 Å². The van der Waals surface area contributed by atoms with Gasteiger partial charge in [-0.3, -0.25) is 9.59 Å². The number of halogens is 1. The van der Waals surface area contributed by atoms with E-state index in [2.05, 4.69) is 31.1 Å². The highest BCUT2D eigenvalue weighted by Crippen LogP contribution is 2.52. The van der Waals surface area contributed by atoms with Crippen LogP contribution in [0.4, 0.5) is 4.79 Å². The van der Waals surface area contributed by atoms with E-state index in [9.17, 15) is 24.3 Å². The van der Waals surface area contributed by atoms with Crippen LogP contribution in [0, 0.1) is 17.8 Å². The normalized spacial score (nSPS) is 27.3. The molecule has 8 atom stereocenters. The first-order valence-electron chi connectivity index (χ1n) is 18.5. The van der Waals surface area contributed by atoms with Crippen LogP contribution in [0.3, 0.4) is 0 Å². The third-order valence-corrected chi connectivity index (χ3v) is 12.6. The number of fused-ring (bicyclic) bond motifs is 2. The number of hydrogen-bond donors (Lipinski definition) is 3. The summed E-state index contributed by atoms with van der Waals surface area (Å²) in [6.45, 7) is 11.5. The minimum atomic E-state index is -1.41. The SMILES string of the molecule is C=C(C)C(NC(=O)OC1C[C@@H]2C[C@@H]2C1)C(=O)N1C[C@H](Oc2cc(-c3nc(C(C)C)cs3)nc3c(Cl)c(OC)ccc23)C[C@H]1C(=O)N[C@]1(C(=O)O)C[C@H]1CC. The Morgan fingerprint density at radius 2 is 1.85 bits per heavy atom. The van der Waals surface area contributed by atoms with Crippen molar-refractivity contribution in [2.75, 3.05) is 13.7 Å². The molecule has 15 heteroatoms. The maximum Gasteiger partial charge on any atom is 0.408 e. The van der Waals surface area contributed by atoms with Crippen LogP contribution in [-0.4, -0.2) is 87.3 Å². The number of carboxylic acids is 1. The number of rotatable bonds is 13. The Morgan fingerprint density at radius 1 is 1.11 bits per heavy atom. The molecule has 2 aromatic heterocycles. The first-order valence-corrected chi connectivity index (χ1v) is 19.8. The number of likely N-dealkylation sites (tertiary alicyclic amines) is 1. The van der Waals surface area contributed by atoms with E-state index in [4.69, 9.17) is 35.8 Å². The van der Waals surface area contributed by atoms with Crippen molar-refractivity contribution in [1.29, 1.82) is 0 Å². The number of nitrogens with zero attached hydrogens (tertiary/aromatic N) is 3. The predicted molar refractivity (Wildman–Crippen MR) is 203 cm³/mol. The lowest BCUT2D eigenvalue weighted by molar-refractivity contribution is -0.145. The molecule has 13 nitrogen and oxygen atoms in total. The quantitative estimate of drug-likeness (QED) is 0.167. The molecule has 4 fully saturated rings. The number of pyridine rings is 1. The lowest BCUT2D eigenvalue weighted by Crippen LogP contribution is -2.56. The van der Waals surface area contributed by atoms with E-state index in [1.807, 2.05) is 12.3 Å². The summed E-state index contributed by atoms with van der Waals surface area (Å²) in [6.07, 6.45) is 2.04. The maximum absolute atomic E-state index is 14.4. The summed E-state index contributed by atoms with van der Waals surface area (Å²) >= 11 is 8.24. The van der Waals surface area contributed by atoms with E-state index in [0.717, 1.165) is 18.5 Å². The second-order valence-corrected chi connectivity index (χ2v) is 16.7. The minimum absolute atomic E-state index is 0.0417. The van der Waals surface area contributed by atoms with Gasteiger partial charge < -0.3 is 34.9 Å². The van der Waals surface area contributed by atoms with Gasteiger partial charge in [-0.2, -0.15) is 0 Å². The van der Waals surface area contributed by atoms with E-state index in [0.29, 0.717) is 63.4 Å². The molecule has 3 heterocycles. The molecular weight excluding hydrogens is 734 g/mol. The average molecular weight is 780 g/mol. The van der Waals surface area contributed by atoms with E-state index >= 15 is 0 Å². The number of ether oxygens (including phenoxy) is 3. The molecule has 3 N–H and O–H groups in total. The minimum Gasteiger partial charge on any atom is -0.495 e. The molecule has 0 spiro atoms. The zero-order valence-electron chi connectivity index (χ0n) is 31.0. The summed E-state index contributed by atoms with van der Waals surface area (Å²) in [5.74, 6) is -0.313. The smallest absolute Gasteiger partial charge is 0.408 e. The van der Waals surface area contributed by atoms with E-state index < -0.39 is 47.6 Å². The zero-order valence-corrected chi connectivity index (χ0v) is 32.6. The number of aromatic nitrogens is 2. The number of methoxy groups -OCH3 is 1. The third kappa shape index (κ3) is 7.22. The fourth-order valence-electron chi connectivity index (χ4n) is 8.01. The van der Waals surface area contributed by atoms with Crippen LogP contribution < -0.4 is 20.1 Å². The van der Waals surface area contributed by atoms with E-state index in [1.54, 1.807) is 25.1 Å². The number of aliphatic carboxylic acids is 1. The number of benzene rings is 1. The van der Waals surface area contributed by atoms with Crippen LogP contribution in [0.5, 0.6) is 11.5 Å². The van der Waals surface area contributed by atoms with Gasteiger partial charge in [-0.1, -0.05) is 45.4 Å². The average Bonchev–Trinajstić information content (AvgIpc) is 3.77. The fraction of sp³-hybridized carbons (Fsp3) is 0.538. The molecule has 288 valence electrons. The highest BCUT2D eigenvalue weighted by Gasteiger charge is 2.61. The predicted octanol–water partition coefficient (Wildman–Crippen LogP) is 6.33. The summed E-state index contributed by atoms with van der Waals surface area (Å²) in [4.78, 5) is 64.9. The van der Waals surface area contributed by atoms with Crippen molar-refractivity contribution < 1.29 is 38.5 Å². The van der Waals surface area contributed by atoms with Crippen molar-refractivity contribution in [3.8, 4) is 22.2 Å². The highest BCUT2D eigenvalue weighted by molar-refractivity contribution is 7.13. The summed E-state index contributed by atoms with van der Waals surface area (Å²) in [5.41, 5.74) is 0.808. The van der Waals surface area contributed by atoms with Crippen LogP contribution in [0.15, 0.2) is 35.7 Å². The number of carboxylic acid groups (broad SMARTS) is 1. The Labute approximate surface area is 322 Å². The number of alkyl carbamates (subject to hydrolysis) is 1. The van der Waals surface area contributed by atoms with Crippen LogP contribution in [0.2, 0.25) is 5.02 Å². The first-order chi connectivity index (χ1) is 25.7. The monoisotopic (exact) mass is 779 g/mol. The molecule has 0 radical (unpaired) electrons. The molecule has 3 aliphatic carbocycles. The molecule has 3 amide bonds. The van der Waals surface area contributed by atoms with Gasteiger partial charge in [-0.25, -0.2) is 19.6 Å². The van der Waals surface area contributed by atoms with Gasteiger partial charge in [0.15, 0.2) is 0 Å². The number of carbonyl (C=O) groups excluding carboxylic acids is 3. The summed E-state index contributed by atoms with van der Waals surface area (Å²) in [6, 6.07) is 2.96. The Bertz CT molecular complexity index is 2010. The lowest BCUT2D eigenvalue weighted by atomic mass is 10.1. The number of thiazole rings is 1. The molecule has 1 saturated heterocycles. The first kappa shape index (κ1) is 37.9. The van der Waals surface area contributed by atoms with E-state index in [-0.39, 0.29) is 35.9 Å². The summed E-state index contributed by atoms with van der Waals surface area (Å²) in [7, 11) is 1.52. The van der Waals surface area contributed by atoms with Crippen molar-refractivity contribution in [2.24, 2.45) is 17.8 Å². The Kier molecular flexibility index (Phi) is 10.3. The number of hydrogen-bond acceptors (Lipinski definition) is 10. The van der Waals surface area contributed by atoms with Crippen LogP contribution >= 0.6 is 22.9 Å². The second-order valence-electron chi connectivity index (χ2n) is 15.5. The molecule has 2 unspecified atom stereocenters. The third-order valence-electron chi connectivity index (χ3n) is 11.3. The molecule has 4 aliphatic rings. The van der Waals surface area contributed by atoms with Crippen molar-refractivity contribution in [1.82, 2.24) is 25.5 Å². The molecule has 7 rings (SSSR count). The van der Waals surface area contributed by atoms with Gasteiger partial charge in [0.25, 0.3) is 0 Å². The molecular formula is C39H46ClN5O8S. The number of carbonyl (C=O) groups is 4. The lowest BCUT2D eigenvalue weighted by Gasteiger charge is -2.29. The van der Waals surface area contributed by atoms with Crippen molar-refractivity contribution >= 4 is 57.7 Å². The zero-order chi connectivity index (χ0) is 38.6. The van der Waals surface area contributed by atoms with Gasteiger partial charge >= 0.3 is 12.1 Å². The fourth-order valence-corrected chi connectivity index (χ4v) is 9.24. The molecule has 1 aromatic carbocycles. The van der Waals surface area contributed by atoms with Gasteiger partial charge in [0, 0.05) is 23.3 Å². The molecule has 0 bridgehead atoms. The van der Waals surface area contributed by atoms with Gasteiger partial charge in [0.1, 0.15) is 57.1 Å². The highest BCUT2D eigenvalue weighted by atomic mass is 35.5. The van der Waals surface area contributed by atoms with Gasteiger partial charge in [0.05, 0.1) is 24.9 Å². The van der Waals surface area contributed by atoms with Crippen molar-refractivity contribution in [3.05, 3.63) is 46.4 Å². The topological polar surface area (TPSA) is 169 Å². The van der Waals surface area contributed by atoms with Crippen LogP contribution in [-0.2, 0) is 19.1 Å². The Hall–Kier alpha value is -4.43. The Morgan fingerprint density at radius 3 is 2.46 bits per heavy atom. The van der Waals surface area contributed by atoms with Crippen molar-refractivity contribution in [2.45, 2.75) is 102 Å². The van der Waals surface area contributed by atoms with Crippen molar-refractivity contribution in [3.63, 3.8) is 0 Å². The molecule has 54 heavy (non-hydrogen) atoms. The van der Waals surface area contributed by atoms with Crippen LogP contribution in [0.1, 0.15) is 77.8 Å². The van der Waals surface area contributed by atoms with Crippen LogP contribution in [0.25, 0.3) is 21.6 Å². The summed E-state index contributed by atoms with van der Waals surface area (Å²) in [5, 5.41) is 19.1. The molecule has 3 aromatic rings. The number of nitrogens with one attached hydrogen (secondary N) is 2. The Balaban J connectivity index is 1.19. The molecule has 1 aliphatic heterocycles. The van der Waals surface area contributed by atoms with Gasteiger partial charge in [-0.15, -0.1) is 11.3 Å². The van der Waals surface area contributed by atoms with E-state index in [1.165, 1.54) is 29.8 Å². The van der Waals surface area contributed by atoms with Gasteiger partial charge in [0.2, 0.25) is 11.8 Å². The maximum atomic E-state index is 14.4. The number of amides is 3. The summed E-state index contributed by atoms with van der Waals surface area (Å²) < 4.78 is 17.8. The molecule has 3 saturated carbocycles. The standard InChI is InChI=1S/C39H46ClN5O8S/c1-7-22-15-39(22,37(48)49)44-34(46)28-13-24(16-45(28)36(47)32(19(4)5)43-38(50)53-23-11-20-10-21(20)12-23)52-30-14-26(35-42-27(17-54-35)18(2)3)41-33-25(30)8-9-29(51-6)31(33)40/h8-9,14,17-18,20-24,28,32H,4,7,10-13,15-16H2,1-3,5-6H3,(H,43,50)(H,44,46)(H,48,49)/t20-,21+,22-,23?,24-,28+,32?,39-/m1/s1.